The molecule has 0 fully saturated rings. The third-order valence-electron chi connectivity index (χ3n) is 6.90. The number of amides is 1. The lowest BCUT2D eigenvalue weighted by atomic mass is 9.65. The summed E-state index contributed by atoms with van der Waals surface area (Å²) in [5.74, 6) is -3.17. The number of hydrogen-bond acceptors (Lipinski definition) is 4. The number of aromatic carboxylic acids is 2. The molecule has 0 saturated heterocycles. The Morgan fingerprint density at radius 3 is 1.73 bits per heavy atom. The maximum absolute atomic E-state index is 13.4. The molecule has 7 nitrogen and oxygen atoms in total. The van der Waals surface area contributed by atoms with Crippen molar-refractivity contribution in [2.45, 2.75) is 33.0 Å². The van der Waals surface area contributed by atoms with Crippen molar-refractivity contribution in [2.24, 2.45) is 0 Å². The van der Waals surface area contributed by atoms with Gasteiger partial charge in [-0.1, -0.05) is 72.0 Å². The number of aryl methyl sites for hydroxylation is 3. The van der Waals surface area contributed by atoms with E-state index in [-0.39, 0.29) is 46.0 Å². The SMILES string of the molecule is Cc1cccc(CCBC(=O)c2ccc(C(=O)O)c3c(C(=O)NCCc4cccc(C)c4)ccc(C(=O)O)c23)c1. The predicted octanol–water partition coefficient (Wildman–Crippen LogP) is 5.06. The van der Waals surface area contributed by atoms with Gasteiger partial charge in [-0.3, -0.25) is 4.79 Å². The third-order valence-corrected chi connectivity index (χ3v) is 6.90. The summed E-state index contributed by atoms with van der Waals surface area (Å²) in [6, 6.07) is 21.1. The van der Waals surface area contributed by atoms with Gasteiger partial charge in [-0.2, -0.15) is 0 Å². The molecular weight excluding hydrogens is 505 g/mol. The topological polar surface area (TPSA) is 121 Å². The molecule has 202 valence electrons. The molecule has 0 radical (unpaired) electrons. The van der Waals surface area contributed by atoms with Crippen molar-refractivity contribution < 1.29 is 29.4 Å². The Hall–Kier alpha value is -4.72. The third kappa shape index (κ3) is 6.46. The maximum atomic E-state index is 13.4. The van der Waals surface area contributed by atoms with Gasteiger partial charge in [0, 0.05) is 28.4 Å². The molecule has 4 aromatic carbocycles. The van der Waals surface area contributed by atoms with Crippen molar-refractivity contribution in [3.8, 4) is 0 Å². The van der Waals surface area contributed by atoms with Gasteiger partial charge >= 0.3 is 11.9 Å². The molecule has 8 heteroatoms. The highest BCUT2D eigenvalue weighted by molar-refractivity contribution is 6.78. The van der Waals surface area contributed by atoms with Gasteiger partial charge in [0.25, 0.3) is 5.91 Å². The van der Waals surface area contributed by atoms with Gasteiger partial charge in [0.05, 0.1) is 11.1 Å². The molecule has 0 saturated carbocycles. The van der Waals surface area contributed by atoms with Gasteiger partial charge in [0.1, 0.15) is 5.68 Å². The van der Waals surface area contributed by atoms with E-state index in [4.69, 9.17) is 0 Å². The van der Waals surface area contributed by atoms with E-state index in [1.807, 2.05) is 62.4 Å². The monoisotopic (exact) mass is 535 g/mol. The van der Waals surface area contributed by atoms with Crippen LogP contribution in [0.3, 0.4) is 0 Å². The minimum atomic E-state index is -1.32. The van der Waals surface area contributed by atoms with Crippen LogP contribution in [0.1, 0.15) is 63.7 Å². The first-order valence-corrected chi connectivity index (χ1v) is 13.1. The smallest absolute Gasteiger partial charge is 0.336 e. The van der Waals surface area contributed by atoms with Crippen LogP contribution < -0.4 is 5.32 Å². The standard InChI is InChI=1S/C32H30BNO6/c1-19-5-3-7-21(17-19)13-15-33-29(35)23-9-11-26(32(39)40)28-24(10-12-25(27(23)28)31(37)38)30(36)34-16-14-22-8-4-6-20(2)18-22/h3-12,17-18,33H,13-16H2,1-2H3,(H,34,36)(H,37,38)(H,39,40). The molecule has 0 bridgehead atoms. The van der Waals surface area contributed by atoms with Gasteiger partial charge in [-0.05, 0) is 56.0 Å². The Morgan fingerprint density at radius 1 is 0.675 bits per heavy atom. The summed E-state index contributed by atoms with van der Waals surface area (Å²) in [7, 11) is 0.140. The summed E-state index contributed by atoms with van der Waals surface area (Å²) in [6.45, 7) is 4.27. The van der Waals surface area contributed by atoms with Gasteiger partial charge in [-0.15, -0.1) is 0 Å². The first-order chi connectivity index (χ1) is 19.2. The van der Waals surface area contributed by atoms with Crippen LogP contribution in [0, 0.1) is 13.8 Å². The van der Waals surface area contributed by atoms with Crippen molar-refractivity contribution in [3.63, 3.8) is 0 Å². The Labute approximate surface area is 233 Å². The molecule has 4 aromatic rings. The van der Waals surface area contributed by atoms with Crippen LogP contribution in [0.25, 0.3) is 10.8 Å². The van der Waals surface area contributed by atoms with Crippen LogP contribution in [-0.4, -0.2) is 47.6 Å². The first kappa shape index (κ1) is 28.3. The average molecular weight is 535 g/mol. The van der Waals surface area contributed by atoms with Gasteiger partial charge in [0.2, 0.25) is 7.28 Å². The summed E-state index contributed by atoms with van der Waals surface area (Å²) in [6.07, 6.45) is 1.76. The summed E-state index contributed by atoms with van der Waals surface area (Å²) in [4.78, 5) is 51.0. The molecule has 0 aromatic heterocycles. The van der Waals surface area contributed by atoms with E-state index in [0.717, 1.165) is 22.3 Å². The lowest BCUT2D eigenvalue weighted by Crippen LogP contribution is -2.26. The molecule has 0 aliphatic carbocycles. The molecule has 40 heavy (non-hydrogen) atoms. The summed E-state index contributed by atoms with van der Waals surface area (Å²) in [5.41, 5.74) is 3.68. The van der Waals surface area contributed by atoms with Crippen LogP contribution >= 0.6 is 0 Å². The van der Waals surface area contributed by atoms with E-state index in [1.165, 1.54) is 24.3 Å². The number of hydrogen-bond donors (Lipinski definition) is 3. The van der Waals surface area contributed by atoms with Crippen LogP contribution in [-0.2, 0) is 12.8 Å². The van der Waals surface area contributed by atoms with E-state index >= 15 is 0 Å². The van der Waals surface area contributed by atoms with Gasteiger partial charge < -0.3 is 20.3 Å². The van der Waals surface area contributed by atoms with Gasteiger partial charge in [-0.25, -0.2) is 9.59 Å². The zero-order valence-corrected chi connectivity index (χ0v) is 22.5. The fraction of sp³-hybridized carbons (Fsp3) is 0.188. The molecule has 4 rings (SSSR count). The highest BCUT2D eigenvalue weighted by atomic mass is 16.4. The molecule has 0 atom stereocenters. The zero-order valence-electron chi connectivity index (χ0n) is 22.5. The number of carbonyl (C=O) groups is 4. The average Bonchev–Trinajstić information content (AvgIpc) is 2.91. The van der Waals surface area contributed by atoms with Crippen molar-refractivity contribution in [1.29, 1.82) is 0 Å². The molecule has 0 aliphatic rings. The molecular formula is C32H30BNO6. The van der Waals surface area contributed by atoms with E-state index in [2.05, 4.69) is 5.32 Å². The molecule has 1 amide bonds. The lowest BCUT2D eigenvalue weighted by Gasteiger charge is -2.15. The second kappa shape index (κ2) is 12.4. The minimum absolute atomic E-state index is 0.0102. The lowest BCUT2D eigenvalue weighted by molar-refractivity contribution is 0.0686. The number of carboxylic acids is 2. The highest BCUT2D eigenvalue weighted by Crippen LogP contribution is 2.31. The van der Waals surface area contributed by atoms with Crippen molar-refractivity contribution in [2.75, 3.05) is 6.54 Å². The number of rotatable bonds is 11. The summed E-state index contributed by atoms with van der Waals surface area (Å²) in [5, 5.41) is 22.6. The largest absolute Gasteiger partial charge is 0.478 e. The van der Waals surface area contributed by atoms with Crippen molar-refractivity contribution >= 4 is 41.6 Å². The minimum Gasteiger partial charge on any atom is -0.478 e. The fourth-order valence-corrected chi connectivity index (χ4v) is 5.01. The van der Waals surface area contributed by atoms with Crippen molar-refractivity contribution in [1.82, 2.24) is 5.32 Å². The maximum Gasteiger partial charge on any atom is 0.336 e. The Kier molecular flexibility index (Phi) is 8.79. The van der Waals surface area contributed by atoms with E-state index in [0.29, 0.717) is 25.7 Å². The molecule has 0 heterocycles. The van der Waals surface area contributed by atoms with E-state index in [9.17, 15) is 29.4 Å². The van der Waals surface area contributed by atoms with Crippen LogP contribution in [0.5, 0.6) is 0 Å². The number of nitrogens with one attached hydrogen (secondary N) is 1. The van der Waals surface area contributed by atoms with Crippen molar-refractivity contribution in [3.05, 3.63) is 117 Å². The van der Waals surface area contributed by atoms with E-state index in [1.54, 1.807) is 0 Å². The van der Waals surface area contributed by atoms with E-state index < -0.39 is 17.8 Å². The number of benzene rings is 4. The quantitative estimate of drug-likeness (QED) is 0.231. The summed E-state index contributed by atoms with van der Waals surface area (Å²) >= 11 is 0. The van der Waals surface area contributed by atoms with Crippen LogP contribution in [0.2, 0.25) is 6.32 Å². The van der Waals surface area contributed by atoms with Crippen LogP contribution in [0.4, 0.5) is 0 Å². The number of fused-ring (bicyclic) bond motifs is 1. The Bertz CT molecular complexity index is 1510. The molecule has 3 N–H and O–H groups in total. The molecule has 0 spiro atoms. The van der Waals surface area contributed by atoms with Crippen LogP contribution in [0.15, 0.2) is 72.8 Å². The number of carboxylic acid groups (broad SMARTS) is 2. The van der Waals surface area contributed by atoms with Gasteiger partial charge in [0.15, 0.2) is 0 Å². The first-order valence-electron chi connectivity index (χ1n) is 13.1. The predicted molar refractivity (Wildman–Crippen MR) is 156 cm³/mol. The Balaban J connectivity index is 1.67. The fourth-order valence-electron chi connectivity index (χ4n) is 5.01. The molecule has 0 unspecified atom stereocenters. The summed E-state index contributed by atoms with van der Waals surface area (Å²) < 4.78 is 0. The number of carbonyl (C=O) groups excluding carboxylic acids is 2. The normalized spacial score (nSPS) is 10.8. The highest BCUT2D eigenvalue weighted by Gasteiger charge is 2.25. The Morgan fingerprint density at radius 2 is 1.18 bits per heavy atom. The second-order valence-corrected chi connectivity index (χ2v) is 9.94. The molecule has 0 aliphatic heterocycles. The zero-order chi connectivity index (χ0) is 28.8. The second-order valence-electron chi connectivity index (χ2n) is 9.94.